The fourth-order valence-corrected chi connectivity index (χ4v) is 2.61. The third-order valence-electron chi connectivity index (χ3n) is 3.85. The Bertz CT molecular complexity index is 659. The summed E-state index contributed by atoms with van der Waals surface area (Å²) in [6.45, 7) is 6.07. The highest BCUT2D eigenvalue weighted by Crippen LogP contribution is 2.36. The molecule has 0 fully saturated rings. The molecular formula is C17H21NO3. The average molecular weight is 287 g/mol. The Kier molecular flexibility index (Phi) is 4.16. The van der Waals surface area contributed by atoms with E-state index in [2.05, 4.69) is 0 Å². The van der Waals surface area contributed by atoms with Gasteiger partial charge in [-0.25, -0.2) is 0 Å². The minimum absolute atomic E-state index is 0.0504. The molecule has 0 aliphatic rings. The van der Waals surface area contributed by atoms with Crippen molar-refractivity contribution in [1.29, 1.82) is 0 Å². The lowest BCUT2D eigenvalue weighted by molar-refractivity contribution is -0.486. The number of nitro groups is 1. The quantitative estimate of drug-likeness (QED) is 0.623. The number of ether oxygens (including phenoxy) is 1. The van der Waals surface area contributed by atoms with Crippen LogP contribution in [0, 0.1) is 15.5 Å². The van der Waals surface area contributed by atoms with Gasteiger partial charge in [0.05, 0.1) is 13.0 Å². The molecule has 1 unspecified atom stereocenters. The van der Waals surface area contributed by atoms with Crippen molar-refractivity contribution in [2.45, 2.75) is 26.7 Å². The molecule has 1 atom stereocenters. The van der Waals surface area contributed by atoms with Crippen LogP contribution in [-0.2, 0) is 0 Å². The molecule has 112 valence electrons. The molecule has 0 spiro atoms. The Hall–Kier alpha value is -2.10. The van der Waals surface area contributed by atoms with E-state index in [4.69, 9.17) is 4.74 Å². The maximum atomic E-state index is 11.0. The predicted octanol–water partition coefficient (Wildman–Crippen LogP) is 4.25. The average Bonchev–Trinajstić information content (AvgIpc) is 2.42. The second kappa shape index (κ2) is 5.72. The van der Waals surface area contributed by atoms with Gasteiger partial charge in [-0.3, -0.25) is 10.1 Å². The molecule has 0 saturated heterocycles. The second-order valence-electron chi connectivity index (χ2n) is 6.41. The number of hydrogen-bond acceptors (Lipinski definition) is 3. The van der Waals surface area contributed by atoms with Crippen LogP contribution in [-0.4, -0.2) is 18.6 Å². The lowest BCUT2D eigenvalue weighted by Crippen LogP contribution is -2.25. The van der Waals surface area contributed by atoms with E-state index in [1.807, 2.05) is 57.2 Å². The van der Waals surface area contributed by atoms with E-state index in [0.29, 0.717) is 0 Å². The molecule has 0 aliphatic heterocycles. The molecule has 0 bridgehead atoms. The highest BCUT2D eigenvalue weighted by Gasteiger charge is 2.30. The van der Waals surface area contributed by atoms with Crippen molar-refractivity contribution in [2.24, 2.45) is 5.41 Å². The lowest BCUT2D eigenvalue weighted by Gasteiger charge is -2.28. The highest BCUT2D eigenvalue weighted by atomic mass is 16.6. The van der Waals surface area contributed by atoms with Gasteiger partial charge in [0, 0.05) is 4.92 Å². The molecule has 0 aliphatic carbocycles. The molecule has 4 nitrogen and oxygen atoms in total. The van der Waals surface area contributed by atoms with E-state index >= 15 is 0 Å². The third kappa shape index (κ3) is 3.51. The fourth-order valence-electron chi connectivity index (χ4n) is 2.61. The smallest absolute Gasteiger partial charge is 0.211 e. The molecule has 21 heavy (non-hydrogen) atoms. The number of nitrogens with zero attached hydrogens (tertiary/aromatic N) is 1. The van der Waals surface area contributed by atoms with Crippen LogP contribution in [0.2, 0.25) is 0 Å². The maximum Gasteiger partial charge on any atom is 0.211 e. The van der Waals surface area contributed by atoms with Crippen molar-refractivity contribution >= 4 is 10.8 Å². The van der Waals surface area contributed by atoms with Gasteiger partial charge >= 0.3 is 0 Å². The molecule has 0 radical (unpaired) electrons. The van der Waals surface area contributed by atoms with Crippen molar-refractivity contribution in [1.82, 2.24) is 0 Å². The van der Waals surface area contributed by atoms with Crippen molar-refractivity contribution in [2.75, 3.05) is 13.7 Å². The van der Waals surface area contributed by atoms with E-state index in [1.54, 1.807) is 7.11 Å². The summed E-state index contributed by atoms with van der Waals surface area (Å²) in [4.78, 5) is 10.7. The number of benzene rings is 2. The first-order valence-corrected chi connectivity index (χ1v) is 7.01. The van der Waals surface area contributed by atoms with Gasteiger partial charge in [0.1, 0.15) is 5.75 Å². The highest BCUT2D eigenvalue weighted by molar-refractivity contribution is 5.84. The Morgan fingerprint density at radius 2 is 1.76 bits per heavy atom. The summed E-state index contributed by atoms with van der Waals surface area (Å²) in [6.07, 6.45) is 0. The van der Waals surface area contributed by atoms with Gasteiger partial charge in [0.2, 0.25) is 6.54 Å². The van der Waals surface area contributed by atoms with Gasteiger partial charge in [-0.05, 0) is 33.9 Å². The van der Waals surface area contributed by atoms with Crippen molar-refractivity contribution in [3.63, 3.8) is 0 Å². The van der Waals surface area contributed by atoms with E-state index in [0.717, 1.165) is 22.1 Å². The monoisotopic (exact) mass is 287 g/mol. The molecule has 0 N–H and O–H groups in total. The summed E-state index contributed by atoms with van der Waals surface area (Å²) in [5.74, 6) is 0.701. The van der Waals surface area contributed by atoms with E-state index < -0.39 is 0 Å². The van der Waals surface area contributed by atoms with Crippen LogP contribution in [0.5, 0.6) is 5.75 Å². The van der Waals surface area contributed by atoms with E-state index in [1.165, 1.54) is 0 Å². The predicted molar refractivity (Wildman–Crippen MR) is 84.6 cm³/mol. The maximum absolute atomic E-state index is 11.0. The molecule has 0 amide bonds. The van der Waals surface area contributed by atoms with Crippen molar-refractivity contribution < 1.29 is 9.66 Å². The largest absolute Gasteiger partial charge is 0.497 e. The first kappa shape index (κ1) is 15.3. The molecule has 0 saturated carbocycles. The SMILES string of the molecule is COc1ccc2cc(C(C[N+](=O)[O-])C(C)(C)C)ccc2c1. The van der Waals surface area contributed by atoms with Crippen LogP contribution in [0.25, 0.3) is 10.8 Å². The normalized spacial score (nSPS) is 13.1. The van der Waals surface area contributed by atoms with Crippen LogP contribution in [0.1, 0.15) is 32.3 Å². The minimum Gasteiger partial charge on any atom is -0.497 e. The third-order valence-corrected chi connectivity index (χ3v) is 3.85. The summed E-state index contributed by atoms with van der Waals surface area (Å²) in [5, 5.41) is 13.1. The number of rotatable bonds is 4. The van der Waals surface area contributed by atoms with Gasteiger partial charge in [0.25, 0.3) is 0 Å². The van der Waals surface area contributed by atoms with Crippen molar-refractivity contribution in [3.05, 3.63) is 52.1 Å². The Balaban J connectivity index is 2.46. The number of fused-ring (bicyclic) bond motifs is 1. The molecule has 4 heteroatoms. The number of hydrogen-bond donors (Lipinski definition) is 0. The molecule has 0 heterocycles. The summed E-state index contributed by atoms with van der Waals surface area (Å²) < 4.78 is 5.22. The van der Waals surface area contributed by atoms with E-state index in [-0.39, 0.29) is 22.8 Å². The summed E-state index contributed by atoms with van der Waals surface area (Å²) >= 11 is 0. The Labute approximate surface area is 124 Å². The van der Waals surface area contributed by atoms with Gasteiger partial charge in [-0.15, -0.1) is 0 Å². The summed E-state index contributed by atoms with van der Waals surface area (Å²) in [5.41, 5.74) is 0.851. The van der Waals surface area contributed by atoms with Gasteiger partial charge in [-0.1, -0.05) is 45.0 Å². The topological polar surface area (TPSA) is 52.4 Å². The molecular weight excluding hydrogens is 266 g/mol. The zero-order valence-electron chi connectivity index (χ0n) is 12.9. The molecule has 2 aromatic carbocycles. The molecule has 2 aromatic rings. The van der Waals surface area contributed by atoms with Crippen LogP contribution < -0.4 is 4.74 Å². The number of methoxy groups -OCH3 is 1. The molecule has 0 aromatic heterocycles. The van der Waals surface area contributed by atoms with Crippen LogP contribution >= 0.6 is 0 Å². The Morgan fingerprint density at radius 3 is 2.33 bits per heavy atom. The zero-order chi connectivity index (χ0) is 15.6. The molecule has 2 rings (SSSR count). The second-order valence-corrected chi connectivity index (χ2v) is 6.41. The minimum atomic E-state index is -0.228. The Morgan fingerprint density at radius 1 is 1.14 bits per heavy atom. The van der Waals surface area contributed by atoms with Crippen LogP contribution in [0.15, 0.2) is 36.4 Å². The summed E-state index contributed by atoms with van der Waals surface area (Å²) in [7, 11) is 1.64. The van der Waals surface area contributed by atoms with Crippen molar-refractivity contribution in [3.8, 4) is 5.75 Å². The standard InChI is InChI=1S/C17H21NO3/c1-17(2,3)16(11-18(19)20)14-6-5-13-10-15(21-4)8-7-12(13)9-14/h5-10,16H,11H2,1-4H3. The van der Waals surface area contributed by atoms with Crippen LogP contribution in [0.3, 0.4) is 0 Å². The first-order chi connectivity index (χ1) is 9.81. The van der Waals surface area contributed by atoms with Gasteiger partial charge in [0.15, 0.2) is 0 Å². The zero-order valence-corrected chi connectivity index (χ0v) is 12.9. The lowest BCUT2D eigenvalue weighted by atomic mass is 9.76. The van der Waals surface area contributed by atoms with Gasteiger partial charge in [-0.2, -0.15) is 0 Å². The first-order valence-electron chi connectivity index (χ1n) is 7.01. The van der Waals surface area contributed by atoms with Gasteiger partial charge < -0.3 is 4.74 Å². The van der Waals surface area contributed by atoms with Crippen LogP contribution in [0.4, 0.5) is 0 Å². The summed E-state index contributed by atoms with van der Waals surface area (Å²) in [6, 6.07) is 11.9. The fraction of sp³-hybridized carbons (Fsp3) is 0.412. The van der Waals surface area contributed by atoms with E-state index in [9.17, 15) is 10.1 Å².